The molecule has 2 rings (SSSR count). The Kier molecular flexibility index (Phi) is 4.42. The molecule has 0 atom stereocenters. The lowest BCUT2D eigenvalue weighted by atomic mass is 10.2. The molecule has 112 valence electrons. The Morgan fingerprint density at radius 1 is 1.29 bits per heavy atom. The molecular formula is C14H16N2O4S. The number of carboxylic acids is 1. The molecule has 0 saturated heterocycles. The van der Waals surface area contributed by atoms with Crippen molar-refractivity contribution in [3.63, 3.8) is 0 Å². The Morgan fingerprint density at radius 3 is 2.71 bits per heavy atom. The van der Waals surface area contributed by atoms with E-state index in [1.807, 2.05) is 6.92 Å². The zero-order valence-electron chi connectivity index (χ0n) is 11.5. The van der Waals surface area contributed by atoms with Crippen LogP contribution in [0.15, 0.2) is 30.3 Å². The molecule has 2 N–H and O–H groups in total. The molecule has 0 spiro atoms. The van der Waals surface area contributed by atoms with E-state index < -0.39 is 16.0 Å². The van der Waals surface area contributed by atoms with Gasteiger partial charge in [0.05, 0.1) is 17.0 Å². The minimum absolute atomic E-state index is 0.0263. The fourth-order valence-electron chi connectivity index (χ4n) is 1.90. The Balaban J connectivity index is 2.44. The molecule has 1 aromatic carbocycles. The molecule has 1 aromatic heterocycles. The highest BCUT2D eigenvalue weighted by molar-refractivity contribution is 7.92. The average molecular weight is 308 g/mol. The summed E-state index contributed by atoms with van der Waals surface area (Å²) in [7, 11) is -3.46. The second-order valence-electron chi connectivity index (χ2n) is 4.65. The Labute approximate surface area is 122 Å². The monoisotopic (exact) mass is 308 g/mol. The minimum Gasteiger partial charge on any atom is -0.477 e. The number of carboxylic acid groups (broad SMARTS) is 1. The number of carbonyl (C=O) groups is 1. The molecule has 0 saturated carbocycles. The van der Waals surface area contributed by atoms with Gasteiger partial charge in [0, 0.05) is 5.39 Å². The van der Waals surface area contributed by atoms with Gasteiger partial charge in [-0.25, -0.2) is 18.2 Å². The number of nitrogens with one attached hydrogen (secondary N) is 1. The molecule has 0 bridgehead atoms. The third-order valence-corrected chi connectivity index (χ3v) is 4.33. The van der Waals surface area contributed by atoms with Crippen LogP contribution >= 0.6 is 0 Å². The molecular weight excluding hydrogens is 292 g/mol. The summed E-state index contributed by atoms with van der Waals surface area (Å²) in [5, 5.41) is 9.66. The first-order chi connectivity index (χ1) is 9.93. The van der Waals surface area contributed by atoms with E-state index >= 15 is 0 Å². The van der Waals surface area contributed by atoms with Gasteiger partial charge in [0.15, 0.2) is 0 Å². The maximum atomic E-state index is 12.0. The lowest BCUT2D eigenvalue weighted by molar-refractivity contribution is 0.0691. The van der Waals surface area contributed by atoms with Gasteiger partial charge >= 0.3 is 5.97 Å². The van der Waals surface area contributed by atoms with Crippen LogP contribution in [0, 0.1) is 0 Å². The van der Waals surface area contributed by atoms with E-state index in [0.29, 0.717) is 23.0 Å². The maximum absolute atomic E-state index is 12.0. The van der Waals surface area contributed by atoms with E-state index in [4.69, 9.17) is 5.11 Å². The standard InChI is InChI=1S/C14H16N2O4S/c1-2-3-9-21(19,20)16-11-6-4-5-10-7-8-12(14(17)18)15-13(10)11/h4-8,16H,2-3,9H2,1H3,(H,17,18). The molecule has 0 amide bonds. The second kappa shape index (κ2) is 6.09. The summed E-state index contributed by atoms with van der Waals surface area (Å²) in [6.45, 7) is 1.91. The molecule has 1 heterocycles. The van der Waals surface area contributed by atoms with Crippen LogP contribution in [0.3, 0.4) is 0 Å². The Hall–Kier alpha value is -2.15. The largest absolute Gasteiger partial charge is 0.477 e. The molecule has 7 heteroatoms. The molecule has 0 unspecified atom stereocenters. The number of fused-ring (bicyclic) bond motifs is 1. The van der Waals surface area contributed by atoms with E-state index in [9.17, 15) is 13.2 Å². The molecule has 0 aliphatic rings. The number of aromatic nitrogens is 1. The molecule has 0 fully saturated rings. The normalized spacial score (nSPS) is 11.5. The fraction of sp³-hybridized carbons (Fsp3) is 0.286. The van der Waals surface area contributed by atoms with Crippen LogP contribution < -0.4 is 4.72 Å². The zero-order valence-corrected chi connectivity index (χ0v) is 12.4. The van der Waals surface area contributed by atoms with Crippen LogP contribution in [0.25, 0.3) is 10.9 Å². The van der Waals surface area contributed by atoms with E-state index in [-0.39, 0.29) is 11.4 Å². The highest BCUT2D eigenvalue weighted by Crippen LogP contribution is 2.23. The number of unbranched alkanes of at least 4 members (excludes halogenated alkanes) is 1. The van der Waals surface area contributed by atoms with Crippen LogP contribution in [0.1, 0.15) is 30.3 Å². The molecule has 0 aliphatic carbocycles. The third-order valence-electron chi connectivity index (χ3n) is 2.97. The van der Waals surface area contributed by atoms with Crippen LogP contribution in [-0.4, -0.2) is 30.2 Å². The number of para-hydroxylation sites is 1. The van der Waals surface area contributed by atoms with E-state index in [1.54, 1.807) is 24.3 Å². The van der Waals surface area contributed by atoms with E-state index in [0.717, 1.165) is 6.42 Å². The highest BCUT2D eigenvalue weighted by Gasteiger charge is 2.13. The summed E-state index contributed by atoms with van der Waals surface area (Å²) in [4.78, 5) is 15.0. The number of hydrogen-bond acceptors (Lipinski definition) is 4. The van der Waals surface area contributed by atoms with Gasteiger partial charge in [-0.05, 0) is 18.6 Å². The van der Waals surface area contributed by atoms with Gasteiger partial charge in [-0.15, -0.1) is 0 Å². The molecule has 0 aliphatic heterocycles. The van der Waals surface area contributed by atoms with Crippen molar-refractivity contribution >= 4 is 32.6 Å². The van der Waals surface area contributed by atoms with Crippen molar-refractivity contribution < 1.29 is 18.3 Å². The lowest BCUT2D eigenvalue weighted by Crippen LogP contribution is -2.17. The first-order valence-electron chi connectivity index (χ1n) is 6.56. The second-order valence-corrected chi connectivity index (χ2v) is 6.50. The van der Waals surface area contributed by atoms with Gasteiger partial charge in [-0.1, -0.05) is 31.5 Å². The van der Waals surface area contributed by atoms with Gasteiger partial charge in [0.2, 0.25) is 10.0 Å². The molecule has 2 aromatic rings. The summed E-state index contributed by atoms with van der Waals surface area (Å²) in [5.41, 5.74) is 0.506. The van der Waals surface area contributed by atoms with Gasteiger partial charge in [0.25, 0.3) is 0 Å². The van der Waals surface area contributed by atoms with E-state index in [2.05, 4.69) is 9.71 Å². The zero-order chi connectivity index (χ0) is 15.5. The number of benzene rings is 1. The Morgan fingerprint density at radius 2 is 2.05 bits per heavy atom. The topological polar surface area (TPSA) is 96.4 Å². The maximum Gasteiger partial charge on any atom is 0.354 e. The summed E-state index contributed by atoms with van der Waals surface area (Å²) >= 11 is 0. The fourth-order valence-corrected chi connectivity index (χ4v) is 3.17. The van der Waals surface area contributed by atoms with Crippen molar-refractivity contribution in [1.82, 2.24) is 4.98 Å². The van der Waals surface area contributed by atoms with Gasteiger partial charge < -0.3 is 5.11 Å². The van der Waals surface area contributed by atoms with Crippen molar-refractivity contribution in [1.29, 1.82) is 0 Å². The average Bonchev–Trinajstić information content (AvgIpc) is 2.44. The first-order valence-corrected chi connectivity index (χ1v) is 8.22. The highest BCUT2D eigenvalue weighted by atomic mass is 32.2. The first kappa shape index (κ1) is 15.2. The van der Waals surface area contributed by atoms with Crippen molar-refractivity contribution in [2.24, 2.45) is 0 Å². The summed E-state index contributed by atoms with van der Waals surface area (Å²) in [5.74, 6) is -1.13. The summed E-state index contributed by atoms with van der Waals surface area (Å²) in [6.07, 6.45) is 1.34. The van der Waals surface area contributed by atoms with Crippen molar-refractivity contribution in [3.05, 3.63) is 36.0 Å². The number of pyridine rings is 1. The van der Waals surface area contributed by atoms with Crippen LogP contribution in [0.5, 0.6) is 0 Å². The molecule has 6 nitrogen and oxygen atoms in total. The van der Waals surface area contributed by atoms with E-state index in [1.165, 1.54) is 6.07 Å². The van der Waals surface area contributed by atoms with Crippen molar-refractivity contribution in [2.75, 3.05) is 10.5 Å². The number of nitrogens with zero attached hydrogens (tertiary/aromatic N) is 1. The summed E-state index contributed by atoms with van der Waals surface area (Å²) in [6, 6.07) is 8.01. The van der Waals surface area contributed by atoms with Gasteiger partial charge in [0.1, 0.15) is 5.69 Å². The smallest absolute Gasteiger partial charge is 0.354 e. The third kappa shape index (κ3) is 3.69. The number of anilines is 1. The van der Waals surface area contributed by atoms with Gasteiger partial charge in [-0.2, -0.15) is 0 Å². The van der Waals surface area contributed by atoms with Crippen molar-refractivity contribution in [2.45, 2.75) is 19.8 Å². The molecule has 21 heavy (non-hydrogen) atoms. The quantitative estimate of drug-likeness (QED) is 0.854. The number of sulfonamides is 1. The number of aromatic carboxylic acids is 1. The van der Waals surface area contributed by atoms with Crippen LogP contribution in [0.4, 0.5) is 5.69 Å². The SMILES string of the molecule is CCCCS(=O)(=O)Nc1cccc2ccc(C(=O)O)nc12. The number of rotatable bonds is 6. The minimum atomic E-state index is -3.46. The van der Waals surface area contributed by atoms with Gasteiger partial charge in [-0.3, -0.25) is 4.72 Å². The van der Waals surface area contributed by atoms with Crippen LogP contribution in [-0.2, 0) is 10.0 Å². The molecule has 0 radical (unpaired) electrons. The van der Waals surface area contributed by atoms with Crippen molar-refractivity contribution in [3.8, 4) is 0 Å². The lowest BCUT2D eigenvalue weighted by Gasteiger charge is -2.10. The van der Waals surface area contributed by atoms with Crippen LogP contribution in [0.2, 0.25) is 0 Å². The Bertz CT molecular complexity index is 772. The predicted octanol–water partition coefficient (Wildman–Crippen LogP) is 2.47. The summed E-state index contributed by atoms with van der Waals surface area (Å²) < 4.78 is 26.4. The number of hydrogen-bond donors (Lipinski definition) is 2. The predicted molar refractivity (Wildman–Crippen MR) is 81.0 cm³/mol.